The molecule has 0 amide bonds. The summed E-state index contributed by atoms with van der Waals surface area (Å²) in [6.07, 6.45) is 5.48. The molecule has 4 rings (SSSR count). The van der Waals surface area contributed by atoms with Gasteiger partial charge in [0.05, 0.1) is 13.2 Å². The fourth-order valence-electron chi connectivity index (χ4n) is 4.22. The third-order valence-corrected chi connectivity index (χ3v) is 5.65. The Morgan fingerprint density at radius 1 is 1.08 bits per heavy atom. The van der Waals surface area contributed by atoms with Crippen molar-refractivity contribution in [2.75, 3.05) is 31.2 Å². The van der Waals surface area contributed by atoms with Crippen LogP contribution in [0.3, 0.4) is 0 Å². The van der Waals surface area contributed by atoms with Crippen molar-refractivity contribution in [3.8, 4) is 0 Å². The Bertz CT molecular complexity index is 696. The number of hydrogen-bond donors (Lipinski definition) is 1. The second kappa shape index (κ2) is 6.77. The number of morpholine rings is 1. The van der Waals surface area contributed by atoms with Crippen molar-refractivity contribution < 1.29 is 14.3 Å². The van der Waals surface area contributed by atoms with E-state index >= 15 is 0 Å². The first-order valence-electron chi connectivity index (χ1n) is 9.28. The van der Waals surface area contributed by atoms with Crippen LogP contribution in [0.2, 0.25) is 0 Å². The van der Waals surface area contributed by atoms with Gasteiger partial charge in [-0.15, -0.1) is 0 Å². The minimum Gasteiger partial charge on any atom is -0.462 e. The van der Waals surface area contributed by atoms with Gasteiger partial charge in [-0.25, -0.2) is 0 Å². The van der Waals surface area contributed by atoms with Crippen LogP contribution in [-0.4, -0.2) is 31.4 Å². The third-order valence-electron chi connectivity index (χ3n) is 5.65. The van der Waals surface area contributed by atoms with Gasteiger partial charge in [-0.2, -0.15) is 0 Å². The summed E-state index contributed by atoms with van der Waals surface area (Å²) in [5, 5.41) is 13.1. The molecule has 0 spiro atoms. The highest BCUT2D eigenvalue weighted by molar-refractivity contribution is 5.90. The number of hydrogen-bond acceptors (Lipinski definition) is 4. The average Bonchev–Trinajstić information content (AvgIpc) is 2.99. The Kier molecular flexibility index (Phi) is 4.51. The van der Waals surface area contributed by atoms with E-state index in [1.807, 2.05) is 6.92 Å². The van der Waals surface area contributed by atoms with Gasteiger partial charge in [0.25, 0.3) is 0 Å². The number of aryl methyl sites for hydroxylation is 1. The molecule has 4 heteroatoms. The van der Waals surface area contributed by atoms with Crippen molar-refractivity contribution in [3.63, 3.8) is 0 Å². The lowest BCUT2D eigenvalue weighted by atomic mass is 9.84. The van der Waals surface area contributed by atoms with Gasteiger partial charge in [0.1, 0.15) is 17.6 Å². The van der Waals surface area contributed by atoms with E-state index < -0.39 is 6.10 Å². The van der Waals surface area contributed by atoms with Crippen molar-refractivity contribution >= 4 is 16.5 Å². The van der Waals surface area contributed by atoms with Crippen molar-refractivity contribution in [3.05, 3.63) is 29.7 Å². The van der Waals surface area contributed by atoms with Crippen LogP contribution < -0.4 is 4.90 Å². The molecule has 1 unspecified atom stereocenters. The number of fused-ring (bicyclic) bond motifs is 1. The molecular formula is C20H27NO3. The van der Waals surface area contributed by atoms with Gasteiger partial charge in [0.2, 0.25) is 0 Å². The summed E-state index contributed by atoms with van der Waals surface area (Å²) in [5.41, 5.74) is 1.22. The summed E-state index contributed by atoms with van der Waals surface area (Å²) in [7, 11) is 0. The van der Waals surface area contributed by atoms with Crippen LogP contribution in [0.25, 0.3) is 10.8 Å². The highest BCUT2D eigenvalue weighted by atomic mass is 16.5. The zero-order valence-corrected chi connectivity index (χ0v) is 14.5. The van der Waals surface area contributed by atoms with E-state index in [1.165, 1.54) is 24.9 Å². The molecule has 2 heterocycles. The molecule has 0 radical (unpaired) electrons. The predicted molar refractivity (Wildman–Crippen MR) is 95.5 cm³/mol. The molecule has 2 fully saturated rings. The maximum atomic E-state index is 10.9. The molecule has 1 aromatic carbocycles. The largest absolute Gasteiger partial charge is 0.462 e. The lowest BCUT2D eigenvalue weighted by molar-refractivity contribution is 0.0661. The van der Waals surface area contributed by atoms with E-state index in [2.05, 4.69) is 23.1 Å². The Balaban J connectivity index is 1.65. The van der Waals surface area contributed by atoms with Crippen LogP contribution in [0.5, 0.6) is 0 Å². The molecule has 1 N–H and O–H groups in total. The van der Waals surface area contributed by atoms with E-state index in [0.717, 1.165) is 61.4 Å². The molecule has 2 aromatic rings. The number of nitrogens with zero attached hydrogens (tertiary/aromatic N) is 1. The van der Waals surface area contributed by atoms with Crippen LogP contribution in [0, 0.1) is 12.8 Å². The zero-order chi connectivity index (χ0) is 16.5. The first-order chi connectivity index (χ1) is 11.7. The molecule has 1 aliphatic heterocycles. The highest BCUT2D eigenvalue weighted by Gasteiger charge is 2.28. The van der Waals surface area contributed by atoms with Crippen molar-refractivity contribution in [2.45, 2.75) is 45.1 Å². The van der Waals surface area contributed by atoms with Gasteiger partial charge < -0.3 is 19.2 Å². The van der Waals surface area contributed by atoms with Gasteiger partial charge >= 0.3 is 0 Å². The minimum absolute atomic E-state index is 0.339. The third kappa shape index (κ3) is 2.93. The van der Waals surface area contributed by atoms with Crippen molar-refractivity contribution in [1.29, 1.82) is 0 Å². The molecule has 1 aliphatic carbocycles. The quantitative estimate of drug-likeness (QED) is 0.917. The van der Waals surface area contributed by atoms with E-state index in [1.54, 1.807) is 0 Å². The first kappa shape index (κ1) is 16.0. The molecule has 2 aliphatic rings. The molecule has 4 nitrogen and oxygen atoms in total. The Labute approximate surface area is 143 Å². The number of rotatable bonds is 3. The summed E-state index contributed by atoms with van der Waals surface area (Å²) in [6, 6.07) is 6.48. The van der Waals surface area contributed by atoms with Gasteiger partial charge in [0.15, 0.2) is 0 Å². The van der Waals surface area contributed by atoms with Crippen LogP contribution in [0.1, 0.15) is 49.7 Å². The number of aliphatic hydroxyl groups excluding tert-OH is 1. The molecule has 1 saturated heterocycles. The van der Waals surface area contributed by atoms with Gasteiger partial charge in [0, 0.05) is 29.5 Å². The Hall–Kier alpha value is -1.52. The normalized spacial score (nSPS) is 21.3. The van der Waals surface area contributed by atoms with Crippen molar-refractivity contribution in [2.24, 2.45) is 5.92 Å². The molecule has 130 valence electrons. The zero-order valence-electron chi connectivity index (χ0n) is 14.5. The molecule has 1 aromatic heterocycles. The smallest absolute Gasteiger partial charge is 0.140 e. The van der Waals surface area contributed by atoms with E-state index in [4.69, 9.17) is 9.15 Å². The first-order valence-corrected chi connectivity index (χ1v) is 9.28. The summed E-state index contributed by atoms with van der Waals surface area (Å²) in [6.45, 7) is 5.44. The maximum Gasteiger partial charge on any atom is 0.140 e. The lowest BCUT2D eigenvalue weighted by Gasteiger charge is -2.29. The molecule has 1 atom stereocenters. The SMILES string of the molecule is Cc1oc(C(O)C2CCCCC2)c2ccc(N3CCOCC3)cc12. The highest BCUT2D eigenvalue weighted by Crippen LogP contribution is 2.40. The Morgan fingerprint density at radius 3 is 2.58 bits per heavy atom. The van der Waals surface area contributed by atoms with Crippen molar-refractivity contribution in [1.82, 2.24) is 0 Å². The maximum absolute atomic E-state index is 10.9. The van der Waals surface area contributed by atoms with E-state index in [0.29, 0.717) is 5.92 Å². The van der Waals surface area contributed by atoms with E-state index in [-0.39, 0.29) is 0 Å². The van der Waals surface area contributed by atoms with E-state index in [9.17, 15) is 5.11 Å². The molecular weight excluding hydrogens is 302 g/mol. The minimum atomic E-state index is -0.476. The number of aliphatic hydroxyl groups is 1. The van der Waals surface area contributed by atoms with Crippen LogP contribution in [0.4, 0.5) is 5.69 Å². The fraction of sp³-hybridized carbons (Fsp3) is 0.600. The van der Waals surface area contributed by atoms with Gasteiger partial charge in [-0.05, 0) is 43.9 Å². The number of furan rings is 1. The summed E-state index contributed by atoms with van der Waals surface area (Å²) in [4.78, 5) is 2.35. The second-order valence-corrected chi connectivity index (χ2v) is 7.19. The topological polar surface area (TPSA) is 45.8 Å². The molecule has 24 heavy (non-hydrogen) atoms. The number of ether oxygens (including phenoxy) is 1. The summed E-state index contributed by atoms with van der Waals surface area (Å²) < 4.78 is 11.5. The van der Waals surface area contributed by atoms with Gasteiger partial charge in [-0.1, -0.05) is 19.3 Å². The standard InChI is InChI=1S/C20H27NO3/c1-14-18-13-16(21-9-11-23-12-10-21)7-8-17(18)20(24-14)19(22)15-5-3-2-4-6-15/h7-8,13,15,19,22H,2-6,9-12H2,1H3. The lowest BCUT2D eigenvalue weighted by Crippen LogP contribution is -2.36. The van der Waals surface area contributed by atoms with Gasteiger partial charge in [-0.3, -0.25) is 0 Å². The molecule has 0 bridgehead atoms. The number of benzene rings is 1. The number of anilines is 1. The monoisotopic (exact) mass is 329 g/mol. The van der Waals surface area contributed by atoms with Crippen LogP contribution >= 0.6 is 0 Å². The van der Waals surface area contributed by atoms with Crippen LogP contribution in [0.15, 0.2) is 22.6 Å². The van der Waals surface area contributed by atoms with Crippen LogP contribution in [-0.2, 0) is 4.74 Å². The fourth-order valence-corrected chi connectivity index (χ4v) is 4.22. The Morgan fingerprint density at radius 2 is 1.83 bits per heavy atom. The summed E-state index contributed by atoms with van der Waals surface area (Å²) >= 11 is 0. The molecule has 1 saturated carbocycles. The summed E-state index contributed by atoms with van der Waals surface area (Å²) in [5.74, 6) is 2.01. The average molecular weight is 329 g/mol. The predicted octanol–water partition coefficient (Wildman–Crippen LogP) is 4.19. The second-order valence-electron chi connectivity index (χ2n) is 7.19.